The van der Waals surface area contributed by atoms with Gasteiger partial charge in [0.2, 0.25) is 0 Å². The van der Waals surface area contributed by atoms with Crippen molar-refractivity contribution in [1.29, 1.82) is 0 Å². The molecular weight excluding hydrogens is 332 g/mol. The number of thioether (sulfide) groups is 1. The van der Waals surface area contributed by atoms with E-state index in [1.54, 1.807) is 24.8 Å². The standard InChI is InChI=1S/C18H17F2NO2S/c1-11(23-14-5-2-12(19)3-6-14)18(22)21-16-8-9-24-17-7-4-13(20)10-15(16)17/h2-7,10-11,16H,8-9H2,1H3,(H,21,22)/t11-,16+/m1/s1. The molecule has 0 radical (unpaired) electrons. The van der Waals surface area contributed by atoms with E-state index in [9.17, 15) is 13.6 Å². The van der Waals surface area contributed by atoms with Gasteiger partial charge < -0.3 is 10.1 Å². The number of ether oxygens (including phenoxy) is 1. The first-order valence-electron chi connectivity index (χ1n) is 7.68. The normalized spacial score (nSPS) is 17.7. The Balaban J connectivity index is 1.67. The number of amides is 1. The van der Waals surface area contributed by atoms with Crippen LogP contribution in [-0.4, -0.2) is 17.8 Å². The second kappa shape index (κ2) is 7.21. The number of carbonyl (C=O) groups excluding carboxylic acids is 1. The molecule has 6 heteroatoms. The first kappa shape index (κ1) is 16.8. The maximum absolute atomic E-state index is 13.5. The average Bonchev–Trinajstić information content (AvgIpc) is 2.57. The summed E-state index contributed by atoms with van der Waals surface area (Å²) in [5.74, 6) is 0.316. The molecule has 0 aromatic heterocycles. The third kappa shape index (κ3) is 3.87. The van der Waals surface area contributed by atoms with E-state index in [-0.39, 0.29) is 23.6 Å². The fraction of sp³-hybridized carbons (Fsp3) is 0.278. The molecular formula is C18H17F2NO2S. The van der Waals surface area contributed by atoms with Crippen molar-refractivity contribution in [2.75, 3.05) is 5.75 Å². The average molecular weight is 349 g/mol. The van der Waals surface area contributed by atoms with Crippen LogP contribution in [0.1, 0.15) is 24.9 Å². The summed E-state index contributed by atoms with van der Waals surface area (Å²) in [6.45, 7) is 1.63. The minimum atomic E-state index is -0.734. The van der Waals surface area contributed by atoms with Gasteiger partial charge in [-0.15, -0.1) is 11.8 Å². The zero-order valence-electron chi connectivity index (χ0n) is 13.1. The Labute approximate surface area is 143 Å². The van der Waals surface area contributed by atoms with Crippen molar-refractivity contribution >= 4 is 17.7 Å². The molecule has 1 heterocycles. The molecule has 24 heavy (non-hydrogen) atoms. The number of hydrogen-bond donors (Lipinski definition) is 1. The van der Waals surface area contributed by atoms with Crippen molar-refractivity contribution in [2.45, 2.75) is 30.4 Å². The fourth-order valence-corrected chi connectivity index (χ4v) is 3.68. The number of halogens is 2. The molecule has 0 spiro atoms. The fourth-order valence-electron chi connectivity index (χ4n) is 2.58. The Bertz CT molecular complexity index is 736. The summed E-state index contributed by atoms with van der Waals surface area (Å²) in [5.41, 5.74) is 0.800. The van der Waals surface area contributed by atoms with Crippen molar-refractivity contribution < 1.29 is 18.3 Å². The summed E-state index contributed by atoms with van der Waals surface area (Å²) in [7, 11) is 0. The Morgan fingerprint density at radius 1 is 1.21 bits per heavy atom. The minimum Gasteiger partial charge on any atom is -0.481 e. The summed E-state index contributed by atoms with van der Waals surface area (Å²) in [6, 6.07) is 9.90. The van der Waals surface area contributed by atoms with Crippen LogP contribution in [-0.2, 0) is 4.79 Å². The highest BCUT2D eigenvalue weighted by Crippen LogP contribution is 2.36. The molecule has 0 saturated heterocycles. The highest BCUT2D eigenvalue weighted by molar-refractivity contribution is 7.99. The monoisotopic (exact) mass is 349 g/mol. The summed E-state index contributed by atoms with van der Waals surface area (Å²) >= 11 is 1.66. The second-order valence-electron chi connectivity index (χ2n) is 5.59. The van der Waals surface area contributed by atoms with Gasteiger partial charge in [-0.1, -0.05) is 0 Å². The molecule has 1 aliphatic heterocycles. The van der Waals surface area contributed by atoms with Gasteiger partial charge in [0.25, 0.3) is 5.91 Å². The molecule has 1 amide bonds. The van der Waals surface area contributed by atoms with Gasteiger partial charge in [0.1, 0.15) is 17.4 Å². The molecule has 0 aliphatic carbocycles. The van der Waals surface area contributed by atoms with Crippen molar-refractivity contribution in [3.05, 3.63) is 59.7 Å². The van der Waals surface area contributed by atoms with E-state index in [0.717, 1.165) is 22.6 Å². The van der Waals surface area contributed by atoms with E-state index in [4.69, 9.17) is 4.74 Å². The molecule has 0 saturated carbocycles. The number of carbonyl (C=O) groups is 1. The van der Waals surface area contributed by atoms with Crippen LogP contribution in [0.5, 0.6) is 5.75 Å². The topological polar surface area (TPSA) is 38.3 Å². The number of benzene rings is 2. The van der Waals surface area contributed by atoms with Crippen LogP contribution in [0.15, 0.2) is 47.4 Å². The third-order valence-corrected chi connectivity index (χ3v) is 4.95. The van der Waals surface area contributed by atoms with Gasteiger partial charge >= 0.3 is 0 Å². The summed E-state index contributed by atoms with van der Waals surface area (Å²) in [4.78, 5) is 13.4. The minimum absolute atomic E-state index is 0.233. The van der Waals surface area contributed by atoms with Crippen molar-refractivity contribution in [1.82, 2.24) is 5.32 Å². The molecule has 1 N–H and O–H groups in total. The molecule has 1 aliphatic rings. The Hall–Kier alpha value is -2.08. The van der Waals surface area contributed by atoms with Crippen LogP contribution in [0.4, 0.5) is 8.78 Å². The van der Waals surface area contributed by atoms with Gasteiger partial charge in [0.05, 0.1) is 6.04 Å². The SMILES string of the molecule is C[C@@H](Oc1ccc(F)cc1)C(=O)N[C@H]1CCSc2ccc(F)cc21. The number of fused-ring (bicyclic) bond motifs is 1. The van der Waals surface area contributed by atoms with Crippen molar-refractivity contribution in [3.63, 3.8) is 0 Å². The quantitative estimate of drug-likeness (QED) is 0.904. The van der Waals surface area contributed by atoms with Crippen molar-refractivity contribution in [2.24, 2.45) is 0 Å². The molecule has 2 aromatic rings. The summed E-state index contributed by atoms with van der Waals surface area (Å²) < 4.78 is 31.9. The third-order valence-electron chi connectivity index (χ3n) is 3.82. The zero-order chi connectivity index (χ0) is 17.1. The van der Waals surface area contributed by atoms with Gasteiger partial charge in [-0.05, 0) is 61.4 Å². The van der Waals surface area contributed by atoms with Gasteiger partial charge in [0.15, 0.2) is 6.10 Å². The predicted molar refractivity (Wildman–Crippen MR) is 89.1 cm³/mol. The van der Waals surface area contributed by atoms with Gasteiger partial charge in [0, 0.05) is 10.6 Å². The lowest BCUT2D eigenvalue weighted by Gasteiger charge is -2.27. The lowest BCUT2D eigenvalue weighted by molar-refractivity contribution is -0.128. The van der Waals surface area contributed by atoms with Crippen LogP contribution < -0.4 is 10.1 Å². The van der Waals surface area contributed by atoms with Gasteiger partial charge in [-0.25, -0.2) is 8.78 Å². The number of hydrogen-bond acceptors (Lipinski definition) is 3. The van der Waals surface area contributed by atoms with Crippen LogP contribution in [0.2, 0.25) is 0 Å². The first-order valence-corrected chi connectivity index (χ1v) is 8.66. The first-order chi connectivity index (χ1) is 11.5. The Kier molecular flexibility index (Phi) is 5.04. The molecule has 0 bridgehead atoms. The Morgan fingerprint density at radius 2 is 1.92 bits per heavy atom. The second-order valence-corrected chi connectivity index (χ2v) is 6.73. The predicted octanol–water partition coefficient (Wildman–Crippen LogP) is 4.09. The van der Waals surface area contributed by atoms with E-state index in [1.807, 2.05) is 0 Å². The highest BCUT2D eigenvalue weighted by Gasteiger charge is 2.25. The summed E-state index contributed by atoms with van der Waals surface area (Å²) in [5, 5.41) is 2.92. The largest absolute Gasteiger partial charge is 0.481 e. The molecule has 126 valence electrons. The maximum atomic E-state index is 13.5. The van der Waals surface area contributed by atoms with Crippen LogP contribution in [0.3, 0.4) is 0 Å². The molecule has 2 aromatic carbocycles. The smallest absolute Gasteiger partial charge is 0.261 e. The zero-order valence-corrected chi connectivity index (χ0v) is 13.9. The molecule has 3 rings (SSSR count). The number of nitrogens with one attached hydrogen (secondary N) is 1. The Morgan fingerprint density at radius 3 is 2.67 bits per heavy atom. The molecule has 3 nitrogen and oxygen atoms in total. The van der Waals surface area contributed by atoms with E-state index < -0.39 is 6.10 Å². The van der Waals surface area contributed by atoms with E-state index in [0.29, 0.717) is 5.75 Å². The van der Waals surface area contributed by atoms with Crippen LogP contribution in [0, 0.1) is 11.6 Å². The van der Waals surface area contributed by atoms with E-state index >= 15 is 0 Å². The van der Waals surface area contributed by atoms with Crippen LogP contribution >= 0.6 is 11.8 Å². The molecule has 0 fully saturated rings. The molecule has 2 atom stereocenters. The maximum Gasteiger partial charge on any atom is 0.261 e. The van der Waals surface area contributed by atoms with E-state index in [2.05, 4.69) is 5.32 Å². The highest BCUT2D eigenvalue weighted by atomic mass is 32.2. The van der Waals surface area contributed by atoms with Crippen molar-refractivity contribution in [3.8, 4) is 5.75 Å². The van der Waals surface area contributed by atoms with Gasteiger partial charge in [-0.2, -0.15) is 0 Å². The lowest BCUT2D eigenvalue weighted by Crippen LogP contribution is -2.39. The number of rotatable bonds is 4. The van der Waals surface area contributed by atoms with Gasteiger partial charge in [-0.3, -0.25) is 4.79 Å². The van der Waals surface area contributed by atoms with E-state index in [1.165, 1.54) is 36.4 Å². The lowest BCUT2D eigenvalue weighted by atomic mass is 10.0. The van der Waals surface area contributed by atoms with Crippen LogP contribution in [0.25, 0.3) is 0 Å². The molecule has 0 unspecified atom stereocenters. The summed E-state index contributed by atoms with van der Waals surface area (Å²) in [6.07, 6.45) is -0.00194.